The van der Waals surface area contributed by atoms with E-state index in [1.807, 2.05) is 13.8 Å². The molecule has 0 aliphatic heterocycles. The maximum Gasteiger partial charge on any atom is 0.0352 e. The fourth-order valence-electron chi connectivity index (χ4n) is 1.27. The number of rotatable bonds is 3. The van der Waals surface area contributed by atoms with E-state index in [0.29, 0.717) is 6.54 Å². The minimum absolute atomic E-state index is 0.249. The average molecular weight is 178 g/mol. The highest BCUT2D eigenvalue weighted by atomic mass is 14.7. The van der Waals surface area contributed by atoms with Crippen molar-refractivity contribution in [2.45, 2.75) is 25.8 Å². The van der Waals surface area contributed by atoms with Gasteiger partial charge in [0.2, 0.25) is 0 Å². The summed E-state index contributed by atoms with van der Waals surface area (Å²) in [6.07, 6.45) is 0.936. The van der Waals surface area contributed by atoms with Crippen molar-refractivity contribution in [1.29, 1.82) is 0 Å². The van der Waals surface area contributed by atoms with Gasteiger partial charge in [0.25, 0.3) is 0 Å². The standard InChI is InChI=1S/C11H18N2/c1-11(2,13)10-5-3-9(4-6-10)7-8-12/h3-6H,7-8,12-13H2,1-2H3. The van der Waals surface area contributed by atoms with Crippen molar-refractivity contribution in [2.75, 3.05) is 6.54 Å². The van der Waals surface area contributed by atoms with Gasteiger partial charge in [-0.3, -0.25) is 0 Å². The van der Waals surface area contributed by atoms with Gasteiger partial charge in [0.05, 0.1) is 0 Å². The molecule has 0 spiro atoms. The van der Waals surface area contributed by atoms with Crippen LogP contribution in [0.3, 0.4) is 0 Å². The normalized spacial score (nSPS) is 11.7. The van der Waals surface area contributed by atoms with Crippen molar-refractivity contribution in [2.24, 2.45) is 11.5 Å². The van der Waals surface area contributed by atoms with Crippen LogP contribution in [0.5, 0.6) is 0 Å². The lowest BCUT2D eigenvalue weighted by Gasteiger charge is -2.19. The average Bonchev–Trinajstić information content (AvgIpc) is 2.04. The molecule has 0 radical (unpaired) electrons. The van der Waals surface area contributed by atoms with E-state index in [-0.39, 0.29) is 5.54 Å². The summed E-state index contributed by atoms with van der Waals surface area (Å²) >= 11 is 0. The van der Waals surface area contributed by atoms with Crippen molar-refractivity contribution in [3.8, 4) is 0 Å². The molecule has 0 bridgehead atoms. The van der Waals surface area contributed by atoms with Gasteiger partial charge in [-0.05, 0) is 37.9 Å². The maximum atomic E-state index is 5.96. The molecule has 1 rings (SSSR count). The highest BCUT2D eigenvalue weighted by Crippen LogP contribution is 2.16. The van der Waals surface area contributed by atoms with Crippen LogP contribution in [-0.2, 0) is 12.0 Å². The molecule has 2 heteroatoms. The summed E-state index contributed by atoms with van der Waals surface area (Å²) in [7, 11) is 0. The summed E-state index contributed by atoms with van der Waals surface area (Å²) in [4.78, 5) is 0. The van der Waals surface area contributed by atoms with E-state index in [4.69, 9.17) is 11.5 Å². The van der Waals surface area contributed by atoms with Crippen molar-refractivity contribution in [3.05, 3.63) is 35.4 Å². The molecular formula is C11H18N2. The molecule has 0 saturated carbocycles. The predicted octanol–water partition coefficient (Wildman–Crippen LogP) is 1.38. The van der Waals surface area contributed by atoms with Gasteiger partial charge in [-0.25, -0.2) is 0 Å². The number of benzene rings is 1. The van der Waals surface area contributed by atoms with Crippen LogP contribution >= 0.6 is 0 Å². The highest BCUT2D eigenvalue weighted by molar-refractivity contribution is 5.27. The van der Waals surface area contributed by atoms with Crippen LogP contribution in [0, 0.1) is 0 Å². The quantitative estimate of drug-likeness (QED) is 0.734. The Labute approximate surface area is 79.9 Å². The molecule has 4 N–H and O–H groups in total. The van der Waals surface area contributed by atoms with E-state index in [2.05, 4.69) is 24.3 Å². The van der Waals surface area contributed by atoms with Crippen molar-refractivity contribution in [1.82, 2.24) is 0 Å². The van der Waals surface area contributed by atoms with Gasteiger partial charge in [0.1, 0.15) is 0 Å². The topological polar surface area (TPSA) is 52.0 Å². The first-order valence-corrected chi connectivity index (χ1v) is 4.62. The van der Waals surface area contributed by atoms with Crippen LogP contribution in [0.2, 0.25) is 0 Å². The first-order valence-electron chi connectivity index (χ1n) is 4.62. The molecule has 0 saturated heterocycles. The molecule has 0 aliphatic carbocycles. The zero-order chi connectivity index (χ0) is 9.90. The first-order chi connectivity index (χ1) is 6.04. The highest BCUT2D eigenvalue weighted by Gasteiger charge is 2.12. The molecular weight excluding hydrogens is 160 g/mol. The third-order valence-electron chi connectivity index (χ3n) is 2.13. The monoisotopic (exact) mass is 178 g/mol. The summed E-state index contributed by atoms with van der Waals surface area (Å²) in [6, 6.07) is 8.34. The van der Waals surface area contributed by atoms with Crippen LogP contribution in [0.25, 0.3) is 0 Å². The first kappa shape index (κ1) is 10.2. The van der Waals surface area contributed by atoms with Gasteiger partial charge in [0, 0.05) is 5.54 Å². The summed E-state index contributed by atoms with van der Waals surface area (Å²) < 4.78 is 0. The largest absolute Gasteiger partial charge is 0.330 e. The van der Waals surface area contributed by atoms with Crippen LogP contribution < -0.4 is 11.5 Å². The Morgan fingerprint density at radius 2 is 1.69 bits per heavy atom. The molecule has 0 atom stereocenters. The van der Waals surface area contributed by atoms with E-state index >= 15 is 0 Å². The Balaban J connectivity index is 2.81. The number of nitrogens with two attached hydrogens (primary N) is 2. The minimum atomic E-state index is -0.249. The van der Waals surface area contributed by atoms with Crippen LogP contribution in [-0.4, -0.2) is 6.54 Å². The molecule has 0 fully saturated rings. The van der Waals surface area contributed by atoms with E-state index in [1.165, 1.54) is 5.56 Å². The molecule has 1 aromatic rings. The van der Waals surface area contributed by atoms with Crippen LogP contribution in [0.1, 0.15) is 25.0 Å². The third-order valence-corrected chi connectivity index (χ3v) is 2.13. The SMILES string of the molecule is CC(C)(N)c1ccc(CCN)cc1. The Hall–Kier alpha value is -0.860. The fourth-order valence-corrected chi connectivity index (χ4v) is 1.27. The molecule has 2 nitrogen and oxygen atoms in total. The molecule has 72 valence electrons. The smallest absolute Gasteiger partial charge is 0.0352 e. The van der Waals surface area contributed by atoms with Gasteiger partial charge in [-0.1, -0.05) is 24.3 Å². The summed E-state index contributed by atoms with van der Waals surface area (Å²) in [5.74, 6) is 0. The molecule has 1 aromatic carbocycles. The summed E-state index contributed by atoms with van der Waals surface area (Å²) in [5.41, 5.74) is 13.6. The number of hydrogen-bond acceptors (Lipinski definition) is 2. The van der Waals surface area contributed by atoms with E-state index in [1.54, 1.807) is 0 Å². The summed E-state index contributed by atoms with van der Waals surface area (Å²) in [5, 5.41) is 0. The van der Waals surface area contributed by atoms with E-state index in [9.17, 15) is 0 Å². The second-order valence-corrected chi connectivity index (χ2v) is 3.96. The zero-order valence-corrected chi connectivity index (χ0v) is 8.38. The van der Waals surface area contributed by atoms with Crippen molar-refractivity contribution >= 4 is 0 Å². The fraction of sp³-hybridized carbons (Fsp3) is 0.455. The predicted molar refractivity (Wildman–Crippen MR) is 56.4 cm³/mol. The van der Waals surface area contributed by atoms with E-state index < -0.39 is 0 Å². The van der Waals surface area contributed by atoms with Crippen LogP contribution in [0.15, 0.2) is 24.3 Å². The molecule has 0 aliphatic rings. The Morgan fingerprint density at radius 1 is 1.15 bits per heavy atom. The van der Waals surface area contributed by atoms with Gasteiger partial charge in [-0.2, -0.15) is 0 Å². The van der Waals surface area contributed by atoms with Gasteiger partial charge in [0.15, 0.2) is 0 Å². The molecule has 0 aromatic heterocycles. The summed E-state index contributed by atoms with van der Waals surface area (Å²) in [6.45, 7) is 4.71. The second-order valence-electron chi connectivity index (χ2n) is 3.96. The third kappa shape index (κ3) is 2.83. The minimum Gasteiger partial charge on any atom is -0.330 e. The lowest BCUT2D eigenvalue weighted by molar-refractivity contribution is 0.554. The van der Waals surface area contributed by atoms with Crippen LogP contribution in [0.4, 0.5) is 0 Å². The zero-order valence-electron chi connectivity index (χ0n) is 8.38. The van der Waals surface area contributed by atoms with Crippen molar-refractivity contribution in [3.63, 3.8) is 0 Å². The number of hydrogen-bond donors (Lipinski definition) is 2. The molecule has 0 heterocycles. The van der Waals surface area contributed by atoms with Crippen molar-refractivity contribution < 1.29 is 0 Å². The Bertz CT molecular complexity index is 256. The van der Waals surface area contributed by atoms with Gasteiger partial charge in [-0.15, -0.1) is 0 Å². The lowest BCUT2D eigenvalue weighted by atomic mass is 9.94. The lowest BCUT2D eigenvalue weighted by Crippen LogP contribution is -2.28. The maximum absolute atomic E-state index is 5.96. The Kier molecular flexibility index (Phi) is 3.07. The molecule has 13 heavy (non-hydrogen) atoms. The van der Waals surface area contributed by atoms with E-state index in [0.717, 1.165) is 12.0 Å². The molecule has 0 amide bonds. The Morgan fingerprint density at radius 3 is 2.08 bits per heavy atom. The second kappa shape index (κ2) is 3.90. The van der Waals surface area contributed by atoms with Gasteiger partial charge >= 0.3 is 0 Å². The van der Waals surface area contributed by atoms with Gasteiger partial charge < -0.3 is 11.5 Å². The molecule has 0 unspecified atom stereocenters.